The number of nitrogens with zero attached hydrogens (tertiary/aromatic N) is 4. The number of hydrogen-bond donors (Lipinski definition) is 1. The molecule has 1 saturated heterocycles. The molecular formula is C22H22BrClN4O3S. The molecule has 0 spiro atoms. The van der Waals surface area contributed by atoms with Gasteiger partial charge in [-0.2, -0.15) is 0 Å². The minimum atomic E-state index is -1.05. The SMILES string of the molecule is CCn1c(S/C(=C\c2cc(Br)c(N3CCCCC3)o2)C(=O)O)nnc1-c1ccc(Cl)cc1. The maximum absolute atomic E-state index is 12.0. The predicted octanol–water partition coefficient (Wildman–Crippen LogP) is 6.18. The number of anilines is 1. The number of carboxylic acid groups (broad SMARTS) is 1. The van der Waals surface area contributed by atoms with Crippen molar-refractivity contribution in [1.29, 1.82) is 0 Å². The molecule has 2 aromatic heterocycles. The molecule has 10 heteroatoms. The van der Waals surface area contributed by atoms with Crippen molar-refractivity contribution in [2.24, 2.45) is 0 Å². The number of aliphatic carboxylic acids is 1. The molecule has 0 unspecified atom stereocenters. The monoisotopic (exact) mass is 536 g/mol. The molecular weight excluding hydrogens is 516 g/mol. The molecule has 0 atom stereocenters. The molecule has 0 saturated carbocycles. The van der Waals surface area contributed by atoms with Gasteiger partial charge in [0.1, 0.15) is 10.7 Å². The van der Waals surface area contributed by atoms with E-state index in [-0.39, 0.29) is 4.91 Å². The van der Waals surface area contributed by atoms with Gasteiger partial charge in [-0.05, 0) is 78.1 Å². The Morgan fingerprint density at radius 3 is 2.62 bits per heavy atom. The van der Waals surface area contributed by atoms with Crippen LogP contribution in [0.4, 0.5) is 5.88 Å². The topological polar surface area (TPSA) is 84.4 Å². The normalized spacial score (nSPS) is 14.7. The van der Waals surface area contributed by atoms with Gasteiger partial charge in [0.25, 0.3) is 0 Å². The van der Waals surface area contributed by atoms with Gasteiger partial charge in [-0.1, -0.05) is 11.6 Å². The average Bonchev–Trinajstić information content (AvgIpc) is 3.37. The lowest BCUT2D eigenvalue weighted by Crippen LogP contribution is -2.29. The van der Waals surface area contributed by atoms with Gasteiger partial charge in [-0.15, -0.1) is 10.2 Å². The number of piperidine rings is 1. The van der Waals surface area contributed by atoms with Gasteiger partial charge < -0.3 is 19.0 Å². The smallest absolute Gasteiger partial charge is 0.342 e. The molecule has 0 aliphatic carbocycles. The summed E-state index contributed by atoms with van der Waals surface area (Å²) < 4.78 is 8.68. The van der Waals surface area contributed by atoms with Crippen LogP contribution in [0.2, 0.25) is 5.02 Å². The summed E-state index contributed by atoms with van der Waals surface area (Å²) in [6.45, 7) is 4.42. The van der Waals surface area contributed by atoms with Crippen LogP contribution < -0.4 is 4.90 Å². The van der Waals surface area contributed by atoms with Crippen molar-refractivity contribution < 1.29 is 14.3 Å². The first-order chi connectivity index (χ1) is 15.5. The van der Waals surface area contributed by atoms with E-state index in [9.17, 15) is 9.90 Å². The lowest BCUT2D eigenvalue weighted by molar-refractivity contribution is -0.131. The number of benzene rings is 1. The van der Waals surface area contributed by atoms with E-state index >= 15 is 0 Å². The highest BCUT2D eigenvalue weighted by Gasteiger charge is 2.21. The highest BCUT2D eigenvalue weighted by atomic mass is 79.9. The Morgan fingerprint density at radius 2 is 1.97 bits per heavy atom. The van der Waals surface area contributed by atoms with Crippen molar-refractivity contribution in [1.82, 2.24) is 14.8 Å². The van der Waals surface area contributed by atoms with Crippen LogP contribution in [0, 0.1) is 0 Å². The second-order valence-corrected chi connectivity index (χ2v) is 9.62. The number of carbonyl (C=O) groups is 1. The third kappa shape index (κ3) is 5.05. The van der Waals surface area contributed by atoms with E-state index < -0.39 is 5.97 Å². The maximum Gasteiger partial charge on any atom is 0.342 e. The number of hydrogen-bond acceptors (Lipinski definition) is 6. The van der Waals surface area contributed by atoms with Gasteiger partial charge in [-0.25, -0.2) is 4.79 Å². The number of thioether (sulfide) groups is 1. The van der Waals surface area contributed by atoms with Gasteiger partial charge in [0.05, 0.1) is 4.47 Å². The number of rotatable bonds is 7. The van der Waals surface area contributed by atoms with E-state index in [1.165, 1.54) is 12.5 Å². The predicted molar refractivity (Wildman–Crippen MR) is 130 cm³/mol. The Labute approximate surface area is 203 Å². The molecule has 0 bridgehead atoms. The van der Waals surface area contributed by atoms with Crippen molar-refractivity contribution in [3.05, 3.63) is 50.5 Å². The summed E-state index contributed by atoms with van der Waals surface area (Å²) in [5.74, 6) is 0.820. The Bertz CT molecular complexity index is 1140. The molecule has 0 amide bonds. The van der Waals surface area contributed by atoms with Crippen molar-refractivity contribution in [3.63, 3.8) is 0 Å². The number of carboxylic acids is 1. The largest absolute Gasteiger partial charge is 0.477 e. The first kappa shape index (κ1) is 22.9. The highest BCUT2D eigenvalue weighted by Crippen LogP contribution is 2.35. The molecule has 1 aliphatic heterocycles. The van der Waals surface area contributed by atoms with Crippen molar-refractivity contribution >= 4 is 57.2 Å². The lowest BCUT2D eigenvalue weighted by atomic mass is 10.1. The van der Waals surface area contributed by atoms with Crippen LogP contribution in [0.5, 0.6) is 0 Å². The van der Waals surface area contributed by atoms with Gasteiger partial charge in [0, 0.05) is 42.4 Å². The summed E-state index contributed by atoms with van der Waals surface area (Å²) in [4.78, 5) is 14.3. The van der Waals surface area contributed by atoms with Crippen LogP contribution in [0.25, 0.3) is 17.5 Å². The zero-order chi connectivity index (χ0) is 22.7. The van der Waals surface area contributed by atoms with Crippen LogP contribution >= 0.6 is 39.3 Å². The molecule has 168 valence electrons. The molecule has 7 nitrogen and oxygen atoms in total. The van der Waals surface area contributed by atoms with Crippen LogP contribution in [-0.2, 0) is 11.3 Å². The number of halogens is 2. The second-order valence-electron chi connectivity index (χ2n) is 7.32. The summed E-state index contributed by atoms with van der Waals surface area (Å²) in [6.07, 6.45) is 4.99. The van der Waals surface area contributed by atoms with E-state index in [0.29, 0.717) is 28.3 Å². The van der Waals surface area contributed by atoms with Crippen LogP contribution in [-0.4, -0.2) is 38.9 Å². The quantitative estimate of drug-likeness (QED) is 0.284. The van der Waals surface area contributed by atoms with Gasteiger partial charge >= 0.3 is 5.97 Å². The third-order valence-corrected chi connectivity index (χ3v) is 6.97. The van der Waals surface area contributed by atoms with E-state index in [4.69, 9.17) is 16.0 Å². The Balaban J connectivity index is 1.61. The molecule has 4 rings (SSSR count). The first-order valence-electron chi connectivity index (χ1n) is 10.3. The standard InChI is InChI=1S/C22H22BrClN4O3S/c1-2-28-19(14-6-8-15(24)9-7-14)25-26-22(28)32-18(21(29)30)13-16-12-17(23)20(31-16)27-10-4-3-5-11-27/h6-9,12-13H,2-5,10-11H2,1H3,(H,29,30)/b18-13-. The zero-order valence-electron chi connectivity index (χ0n) is 17.4. The molecule has 32 heavy (non-hydrogen) atoms. The van der Waals surface area contributed by atoms with Crippen LogP contribution in [0.15, 0.2) is 49.3 Å². The van der Waals surface area contributed by atoms with E-state index in [1.54, 1.807) is 18.2 Å². The van der Waals surface area contributed by atoms with Gasteiger partial charge in [0.15, 0.2) is 11.0 Å². The average molecular weight is 538 g/mol. The molecule has 1 fully saturated rings. The molecule has 3 aromatic rings. The number of furan rings is 1. The summed E-state index contributed by atoms with van der Waals surface area (Å²) in [5, 5.41) is 19.5. The fraction of sp³-hybridized carbons (Fsp3) is 0.318. The third-order valence-electron chi connectivity index (χ3n) is 5.15. The second kappa shape index (κ2) is 10.1. The highest BCUT2D eigenvalue weighted by molar-refractivity contribution is 9.10. The molecule has 1 aromatic carbocycles. The summed E-state index contributed by atoms with van der Waals surface area (Å²) in [5.41, 5.74) is 0.859. The van der Waals surface area contributed by atoms with Crippen molar-refractivity contribution in [3.8, 4) is 11.4 Å². The van der Waals surface area contributed by atoms with Gasteiger partial charge in [-0.3, -0.25) is 0 Å². The zero-order valence-corrected chi connectivity index (χ0v) is 20.6. The molecule has 3 heterocycles. The maximum atomic E-state index is 12.0. The van der Waals surface area contributed by atoms with Crippen molar-refractivity contribution in [2.45, 2.75) is 37.9 Å². The van der Waals surface area contributed by atoms with E-state index in [0.717, 1.165) is 53.6 Å². The fourth-order valence-electron chi connectivity index (χ4n) is 3.58. The Kier molecular flexibility index (Phi) is 7.27. The van der Waals surface area contributed by atoms with Gasteiger partial charge in [0.2, 0.25) is 5.88 Å². The Hall–Kier alpha value is -2.23. The molecule has 1 aliphatic rings. The number of aromatic nitrogens is 3. The first-order valence-corrected chi connectivity index (χ1v) is 12.3. The van der Waals surface area contributed by atoms with E-state index in [2.05, 4.69) is 31.0 Å². The van der Waals surface area contributed by atoms with Crippen molar-refractivity contribution in [2.75, 3.05) is 18.0 Å². The lowest BCUT2D eigenvalue weighted by Gasteiger charge is -2.26. The molecule has 1 N–H and O–H groups in total. The summed E-state index contributed by atoms with van der Waals surface area (Å²) in [7, 11) is 0. The minimum absolute atomic E-state index is 0.0983. The fourth-order valence-corrected chi connectivity index (χ4v) is 5.13. The van der Waals surface area contributed by atoms with Crippen LogP contribution in [0.1, 0.15) is 31.9 Å². The van der Waals surface area contributed by atoms with E-state index in [1.807, 2.05) is 23.6 Å². The summed E-state index contributed by atoms with van der Waals surface area (Å²) >= 11 is 10.6. The molecule has 0 radical (unpaired) electrons. The summed E-state index contributed by atoms with van der Waals surface area (Å²) in [6, 6.07) is 9.11. The Morgan fingerprint density at radius 1 is 1.25 bits per heavy atom. The minimum Gasteiger partial charge on any atom is -0.477 e. The van der Waals surface area contributed by atoms with Crippen LogP contribution in [0.3, 0.4) is 0 Å².